The molecular formula is C28H36N6O6. The Bertz CT molecular complexity index is 1190. The molecule has 40 heavy (non-hydrogen) atoms. The van der Waals surface area contributed by atoms with Gasteiger partial charge in [0.2, 0.25) is 29.5 Å². The fraction of sp³-hybridized carbons (Fsp3) is 0.393. The van der Waals surface area contributed by atoms with Crippen molar-refractivity contribution < 1.29 is 29.1 Å². The number of carbonyl (C=O) groups excluding carboxylic acids is 5. The van der Waals surface area contributed by atoms with Gasteiger partial charge in [0, 0.05) is 6.54 Å². The molecule has 0 aromatic heterocycles. The highest BCUT2D eigenvalue weighted by Gasteiger charge is 2.31. The molecule has 5 amide bonds. The van der Waals surface area contributed by atoms with Crippen molar-refractivity contribution >= 4 is 29.5 Å². The largest absolute Gasteiger partial charge is 0.508 e. The van der Waals surface area contributed by atoms with E-state index in [4.69, 9.17) is 11.5 Å². The fourth-order valence-electron chi connectivity index (χ4n) is 4.31. The number of hydrogen-bond donors (Lipinski definition) is 7. The molecule has 1 saturated heterocycles. The predicted molar refractivity (Wildman–Crippen MR) is 146 cm³/mol. The molecule has 1 aliphatic rings. The lowest BCUT2D eigenvalue weighted by molar-refractivity contribution is -0.134. The summed E-state index contributed by atoms with van der Waals surface area (Å²) in [4.78, 5) is 63.7. The molecule has 2 aromatic carbocycles. The van der Waals surface area contributed by atoms with Gasteiger partial charge in [-0.1, -0.05) is 42.5 Å². The van der Waals surface area contributed by atoms with Gasteiger partial charge in [-0.05, 0) is 55.4 Å². The van der Waals surface area contributed by atoms with Crippen molar-refractivity contribution in [3.8, 4) is 5.75 Å². The maximum absolute atomic E-state index is 13.4. The third kappa shape index (κ3) is 9.38. The Morgan fingerprint density at radius 2 is 1.68 bits per heavy atom. The zero-order valence-corrected chi connectivity index (χ0v) is 22.1. The summed E-state index contributed by atoms with van der Waals surface area (Å²) in [5.41, 5.74) is 13.2. The Kier molecular flexibility index (Phi) is 11.0. The number of aryl methyl sites for hydroxylation is 1. The second-order valence-corrected chi connectivity index (χ2v) is 9.78. The Labute approximate surface area is 232 Å². The Balaban J connectivity index is 1.77. The number of nitrogens with one attached hydrogen (secondary N) is 4. The van der Waals surface area contributed by atoms with Crippen molar-refractivity contribution in [2.75, 3.05) is 6.54 Å². The third-order valence-electron chi connectivity index (χ3n) is 6.60. The number of phenolic OH excluding ortho intramolecular Hbond substituents is 1. The number of primary amides is 1. The van der Waals surface area contributed by atoms with Crippen LogP contribution < -0.4 is 32.7 Å². The average Bonchev–Trinajstić information content (AvgIpc) is 2.93. The molecule has 3 rings (SSSR count). The average molecular weight is 553 g/mol. The summed E-state index contributed by atoms with van der Waals surface area (Å²) in [7, 11) is 0. The van der Waals surface area contributed by atoms with Gasteiger partial charge in [-0.2, -0.15) is 0 Å². The van der Waals surface area contributed by atoms with Gasteiger partial charge < -0.3 is 37.8 Å². The van der Waals surface area contributed by atoms with Crippen LogP contribution in [0.1, 0.15) is 36.8 Å². The standard InChI is InChI=1S/C28H36N6O6/c29-20(15-18-8-11-19(35)12-9-18)26(38)32-21-7-4-14-31-24(36)16-23(25(30)37)34-28(40)22(33-27(21)39)13-10-17-5-2-1-3-6-17/h1-3,5-6,8-9,11-12,20-23,35H,4,7,10,13-16,29H2,(H2,30,37)(H,31,36)(H,32,38)(H,33,39)(H,34,40)/t20-,21+,22-,23-/m0/s1. The van der Waals surface area contributed by atoms with Gasteiger partial charge in [0.1, 0.15) is 23.9 Å². The predicted octanol–water partition coefficient (Wildman–Crippen LogP) is -0.865. The molecule has 0 unspecified atom stereocenters. The van der Waals surface area contributed by atoms with Crippen molar-refractivity contribution in [2.45, 2.75) is 62.7 Å². The number of aromatic hydroxyl groups is 1. The number of phenols is 1. The van der Waals surface area contributed by atoms with Crippen LogP contribution in [0, 0.1) is 0 Å². The molecule has 0 spiro atoms. The molecule has 2 aromatic rings. The molecule has 12 heteroatoms. The fourth-order valence-corrected chi connectivity index (χ4v) is 4.31. The molecule has 0 saturated carbocycles. The highest BCUT2D eigenvalue weighted by atomic mass is 16.3. The Morgan fingerprint density at radius 3 is 2.35 bits per heavy atom. The van der Waals surface area contributed by atoms with Crippen LogP contribution in [-0.4, -0.2) is 65.4 Å². The number of benzene rings is 2. The van der Waals surface area contributed by atoms with Gasteiger partial charge in [0.15, 0.2) is 0 Å². The number of carbonyl (C=O) groups is 5. The molecule has 9 N–H and O–H groups in total. The van der Waals surface area contributed by atoms with E-state index in [9.17, 15) is 29.1 Å². The molecule has 1 aliphatic heterocycles. The zero-order valence-electron chi connectivity index (χ0n) is 22.1. The van der Waals surface area contributed by atoms with E-state index in [0.29, 0.717) is 12.8 Å². The minimum absolute atomic E-state index is 0.0857. The SMILES string of the molecule is NC(=O)[C@@H]1CC(=O)NCCC[C@@H](NC(=O)[C@@H](N)Cc2ccc(O)cc2)C(=O)N[C@@H](CCc2ccccc2)C(=O)N1. The molecule has 4 atom stereocenters. The summed E-state index contributed by atoms with van der Waals surface area (Å²) in [6.07, 6.45) is 0.959. The highest BCUT2D eigenvalue weighted by Crippen LogP contribution is 2.12. The lowest BCUT2D eigenvalue weighted by Crippen LogP contribution is -2.57. The summed E-state index contributed by atoms with van der Waals surface area (Å²) < 4.78 is 0. The number of rotatable bonds is 8. The number of amides is 5. The van der Waals surface area contributed by atoms with Crippen LogP contribution in [0.5, 0.6) is 5.75 Å². The third-order valence-corrected chi connectivity index (χ3v) is 6.60. The van der Waals surface area contributed by atoms with Gasteiger partial charge >= 0.3 is 0 Å². The Hall–Kier alpha value is -4.45. The van der Waals surface area contributed by atoms with Crippen molar-refractivity contribution in [3.05, 3.63) is 65.7 Å². The normalized spacial score (nSPS) is 21.3. The van der Waals surface area contributed by atoms with Crippen LogP contribution >= 0.6 is 0 Å². The van der Waals surface area contributed by atoms with E-state index in [1.807, 2.05) is 30.3 Å². The van der Waals surface area contributed by atoms with Crippen LogP contribution in [0.15, 0.2) is 54.6 Å². The van der Waals surface area contributed by atoms with Crippen LogP contribution in [0.2, 0.25) is 0 Å². The summed E-state index contributed by atoms with van der Waals surface area (Å²) >= 11 is 0. The first-order valence-electron chi connectivity index (χ1n) is 13.2. The van der Waals surface area contributed by atoms with E-state index in [2.05, 4.69) is 21.3 Å². The summed E-state index contributed by atoms with van der Waals surface area (Å²) in [5.74, 6) is -3.11. The van der Waals surface area contributed by atoms with Crippen LogP contribution in [0.25, 0.3) is 0 Å². The van der Waals surface area contributed by atoms with Crippen molar-refractivity contribution in [1.29, 1.82) is 0 Å². The molecule has 1 heterocycles. The highest BCUT2D eigenvalue weighted by molar-refractivity contribution is 5.96. The second kappa shape index (κ2) is 14.6. The first-order valence-corrected chi connectivity index (χ1v) is 13.2. The molecule has 0 bridgehead atoms. The van der Waals surface area contributed by atoms with Gasteiger partial charge in [0.05, 0.1) is 12.5 Å². The second-order valence-electron chi connectivity index (χ2n) is 9.78. The lowest BCUT2D eigenvalue weighted by atomic mass is 10.0. The Morgan fingerprint density at radius 1 is 0.975 bits per heavy atom. The molecule has 0 aliphatic carbocycles. The van der Waals surface area contributed by atoms with E-state index >= 15 is 0 Å². The minimum Gasteiger partial charge on any atom is -0.508 e. The van der Waals surface area contributed by atoms with Crippen LogP contribution in [0.3, 0.4) is 0 Å². The zero-order chi connectivity index (χ0) is 29.1. The molecule has 214 valence electrons. The first kappa shape index (κ1) is 30.1. The quantitative estimate of drug-likeness (QED) is 0.220. The lowest BCUT2D eigenvalue weighted by Gasteiger charge is -2.25. The topological polar surface area (TPSA) is 206 Å². The maximum atomic E-state index is 13.4. The number of hydrogen-bond acceptors (Lipinski definition) is 7. The summed E-state index contributed by atoms with van der Waals surface area (Å²) in [6, 6.07) is 11.3. The van der Waals surface area contributed by atoms with Gasteiger partial charge in [-0.25, -0.2) is 0 Å². The van der Waals surface area contributed by atoms with E-state index in [-0.39, 0.29) is 38.0 Å². The van der Waals surface area contributed by atoms with E-state index < -0.39 is 53.7 Å². The maximum Gasteiger partial charge on any atom is 0.243 e. The monoisotopic (exact) mass is 552 g/mol. The number of nitrogens with two attached hydrogens (primary N) is 2. The molecular weight excluding hydrogens is 516 g/mol. The van der Waals surface area contributed by atoms with Crippen LogP contribution in [0.4, 0.5) is 0 Å². The minimum atomic E-state index is -1.25. The van der Waals surface area contributed by atoms with Crippen molar-refractivity contribution in [1.82, 2.24) is 21.3 Å². The van der Waals surface area contributed by atoms with Gasteiger partial charge in [-0.15, -0.1) is 0 Å². The summed E-state index contributed by atoms with van der Waals surface area (Å²) in [5, 5.41) is 20.0. The van der Waals surface area contributed by atoms with Crippen molar-refractivity contribution in [2.24, 2.45) is 11.5 Å². The summed E-state index contributed by atoms with van der Waals surface area (Å²) in [6.45, 7) is 0.176. The van der Waals surface area contributed by atoms with Crippen LogP contribution in [-0.2, 0) is 36.8 Å². The first-order chi connectivity index (χ1) is 19.1. The van der Waals surface area contributed by atoms with E-state index in [0.717, 1.165) is 11.1 Å². The molecule has 12 nitrogen and oxygen atoms in total. The molecule has 0 radical (unpaired) electrons. The molecule has 1 fully saturated rings. The smallest absolute Gasteiger partial charge is 0.243 e. The van der Waals surface area contributed by atoms with E-state index in [1.54, 1.807) is 12.1 Å². The van der Waals surface area contributed by atoms with Gasteiger partial charge in [-0.3, -0.25) is 24.0 Å². The van der Waals surface area contributed by atoms with Gasteiger partial charge in [0.25, 0.3) is 0 Å². The van der Waals surface area contributed by atoms with Crippen molar-refractivity contribution in [3.63, 3.8) is 0 Å². The van der Waals surface area contributed by atoms with E-state index in [1.165, 1.54) is 12.1 Å².